The second-order valence-corrected chi connectivity index (χ2v) is 3.50. The minimum absolute atomic E-state index is 0.0564. The summed E-state index contributed by atoms with van der Waals surface area (Å²) in [6.45, 7) is 1.68. The van der Waals surface area contributed by atoms with Gasteiger partial charge in [-0.05, 0) is 6.92 Å². The molecule has 0 amide bonds. The lowest BCUT2D eigenvalue weighted by molar-refractivity contribution is 0.0518. The Labute approximate surface area is 83.9 Å². The van der Waals surface area contributed by atoms with E-state index < -0.39 is 5.97 Å². The number of aromatic nitrogens is 1. The molecule has 0 spiro atoms. The number of ether oxygens (including phenoxy) is 1. The monoisotopic (exact) mass is 212 g/mol. The molecule has 14 heavy (non-hydrogen) atoms. The Balaban J connectivity index is 2.66. The number of aryl methyl sites for hydroxylation is 1. The fourth-order valence-electron chi connectivity index (χ4n) is 0.854. The van der Waals surface area contributed by atoms with Crippen molar-refractivity contribution < 1.29 is 9.53 Å². The predicted molar refractivity (Wildman–Crippen MR) is 50.2 cm³/mol. The number of aromatic amines is 1. The lowest BCUT2D eigenvalue weighted by Gasteiger charge is -1.99. The highest BCUT2D eigenvalue weighted by molar-refractivity contribution is 7.11. The van der Waals surface area contributed by atoms with Crippen LogP contribution in [0.5, 0.6) is 0 Å². The van der Waals surface area contributed by atoms with E-state index in [2.05, 4.69) is 4.98 Å². The molecule has 0 aromatic carbocycles. The molecule has 1 aromatic heterocycles. The molecule has 0 aliphatic rings. The first kappa shape index (κ1) is 10.5. The van der Waals surface area contributed by atoms with Gasteiger partial charge in [0.1, 0.15) is 11.5 Å². The number of H-pyrrole nitrogens is 1. The van der Waals surface area contributed by atoms with Gasteiger partial charge in [-0.3, -0.25) is 4.79 Å². The van der Waals surface area contributed by atoms with E-state index >= 15 is 0 Å². The van der Waals surface area contributed by atoms with Crippen molar-refractivity contribution in [2.45, 2.75) is 13.3 Å². The third-order valence-corrected chi connectivity index (χ3v) is 2.42. The molecule has 0 saturated heterocycles. The Hall–Kier alpha value is -1.61. The van der Waals surface area contributed by atoms with Gasteiger partial charge in [0.25, 0.3) is 0 Å². The van der Waals surface area contributed by atoms with Crippen molar-refractivity contribution in [2.24, 2.45) is 0 Å². The summed E-state index contributed by atoms with van der Waals surface area (Å²) < 4.78 is 4.75. The van der Waals surface area contributed by atoms with Gasteiger partial charge in [-0.2, -0.15) is 5.26 Å². The molecule has 1 rings (SSSR count). The fourth-order valence-corrected chi connectivity index (χ4v) is 1.59. The number of hydrogen-bond acceptors (Lipinski definition) is 5. The summed E-state index contributed by atoms with van der Waals surface area (Å²) in [6.07, 6.45) is 0.157. The molecule has 74 valence electrons. The van der Waals surface area contributed by atoms with Gasteiger partial charge >= 0.3 is 10.8 Å². The van der Waals surface area contributed by atoms with E-state index in [4.69, 9.17) is 10.00 Å². The Morgan fingerprint density at radius 2 is 2.43 bits per heavy atom. The van der Waals surface area contributed by atoms with Crippen LogP contribution in [0.25, 0.3) is 0 Å². The summed E-state index contributed by atoms with van der Waals surface area (Å²) in [4.78, 5) is 24.6. The number of carbonyl (C=O) groups is 1. The van der Waals surface area contributed by atoms with E-state index in [1.807, 2.05) is 6.07 Å². The molecule has 1 N–H and O–H groups in total. The van der Waals surface area contributed by atoms with Crippen molar-refractivity contribution in [3.05, 3.63) is 20.2 Å². The largest absolute Gasteiger partial charge is 0.460 e. The highest BCUT2D eigenvalue weighted by Gasteiger charge is 2.13. The molecular formula is C8H8N2O3S. The van der Waals surface area contributed by atoms with Gasteiger partial charge in [0.05, 0.1) is 12.5 Å². The number of rotatable bonds is 3. The number of nitriles is 1. The lowest BCUT2D eigenvalue weighted by atomic mass is 10.4. The van der Waals surface area contributed by atoms with Crippen molar-refractivity contribution in [2.75, 3.05) is 6.61 Å². The zero-order chi connectivity index (χ0) is 10.6. The third kappa shape index (κ3) is 2.44. The van der Waals surface area contributed by atoms with Gasteiger partial charge in [0.2, 0.25) is 0 Å². The van der Waals surface area contributed by atoms with E-state index in [0.717, 1.165) is 11.3 Å². The Kier molecular flexibility index (Phi) is 3.42. The molecule has 0 radical (unpaired) electrons. The van der Waals surface area contributed by atoms with Crippen LogP contribution in [0.3, 0.4) is 0 Å². The fraction of sp³-hybridized carbons (Fsp3) is 0.375. The van der Waals surface area contributed by atoms with Crippen molar-refractivity contribution in [1.29, 1.82) is 5.26 Å². The zero-order valence-corrected chi connectivity index (χ0v) is 8.31. The van der Waals surface area contributed by atoms with E-state index in [9.17, 15) is 9.59 Å². The second-order valence-electron chi connectivity index (χ2n) is 2.51. The minimum atomic E-state index is -0.555. The molecule has 1 heterocycles. The van der Waals surface area contributed by atoms with Crippen LogP contribution in [0, 0.1) is 18.3 Å². The maximum Gasteiger partial charge on any atom is 0.350 e. The Morgan fingerprint density at radius 3 is 2.93 bits per heavy atom. The van der Waals surface area contributed by atoms with Crippen LogP contribution in [0.2, 0.25) is 0 Å². The summed E-state index contributed by atoms with van der Waals surface area (Å²) >= 11 is 0.812. The average Bonchev–Trinajstić information content (AvgIpc) is 2.45. The molecule has 0 unspecified atom stereocenters. The molecule has 5 nitrogen and oxygen atoms in total. The number of carbonyl (C=O) groups excluding carboxylic acids is 1. The normalized spacial score (nSPS) is 9.43. The maximum absolute atomic E-state index is 11.3. The van der Waals surface area contributed by atoms with Crippen LogP contribution in [-0.2, 0) is 4.74 Å². The molecule has 0 fully saturated rings. The molecule has 0 bridgehead atoms. The zero-order valence-electron chi connectivity index (χ0n) is 7.49. The standard InChI is InChI=1S/C8H8N2O3S/c1-5-6(14-8(12)10-5)7(11)13-4-2-3-9/h2,4H2,1H3,(H,10,12). The highest BCUT2D eigenvalue weighted by Crippen LogP contribution is 2.09. The molecule has 0 saturated carbocycles. The maximum atomic E-state index is 11.3. The summed E-state index contributed by atoms with van der Waals surface area (Å²) in [5.74, 6) is -0.555. The summed E-state index contributed by atoms with van der Waals surface area (Å²) in [6, 6.07) is 1.85. The van der Waals surface area contributed by atoms with Crippen molar-refractivity contribution in [3.63, 3.8) is 0 Å². The first-order valence-electron chi connectivity index (χ1n) is 3.89. The van der Waals surface area contributed by atoms with Crippen LogP contribution in [0.4, 0.5) is 0 Å². The topological polar surface area (TPSA) is 82.9 Å². The predicted octanol–water partition coefficient (Wildman–Crippen LogP) is 0.815. The number of nitrogens with zero attached hydrogens (tertiary/aromatic N) is 1. The van der Waals surface area contributed by atoms with Crippen LogP contribution in [-0.4, -0.2) is 17.6 Å². The van der Waals surface area contributed by atoms with Gasteiger partial charge < -0.3 is 9.72 Å². The third-order valence-electron chi connectivity index (χ3n) is 1.46. The van der Waals surface area contributed by atoms with Gasteiger partial charge in [0, 0.05) is 5.69 Å². The highest BCUT2D eigenvalue weighted by atomic mass is 32.1. The number of esters is 1. The first-order valence-corrected chi connectivity index (χ1v) is 4.70. The summed E-state index contributed by atoms with van der Waals surface area (Å²) in [5.41, 5.74) is 0.502. The van der Waals surface area contributed by atoms with Gasteiger partial charge in [-0.15, -0.1) is 0 Å². The molecule has 6 heteroatoms. The second kappa shape index (κ2) is 4.58. The average molecular weight is 212 g/mol. The van der Waals surface area contributed by atoms with Crippen molar-refractivity contribution in [3.8, 4) is 6.07 Å². The quantitative estimate of drug-likeness (QED) is 0.593. The Bertz CT molecular complexity index is 427. The van der Waals surface area contributed by atoms with Crippen LogP contribution in [0.1, 0.15) is 21.8 Å². The van der Waals surface area contributed by atoms with E-state index in [1.165, 1.54) is 0 Å². The molecule has 0 aliphatic carbocycles. The van der Waals surface area contributed by atoms with Gasteiger partial charge in [0.15, 0.2) is 0 Å². The summed E-state index contributed by atoms with van der Waals surface area (Å²) in [7, 11) is 0. The lowest BCUT2D eigenvalue weighted by Crippen LogP contribution is -2.05. The Morgan fingerprint density at radius 1 is 1.71 bits per heavy atom. The summed E-state index contributed by atoms with van der Waals surface area (Å²) in [5, 5.41) is 8.21. The van der Waals surface area contributed by atoms with Gasteiger partial charge in [-0.25, -0.2) is 4.79 Å². The van der Waals surface area contributed by atoms with Crippen molar-refractivity contribution in [1.82, 2.24) is 4.98 Å². The smallest absolute Gasteiger partial charge is 0.350 e. The SMILES string of the molecule is Cc1[nH]c(=O)sc1C(=O)OCCC#N. The minimum Gasteiger partial charge on any atom is -0.460 e. The molecule has 0 atom stereocenters. The number of thiazole rings is 1. The van der Waals surface area contributed by atoms with Crippen LogP contribution in [0.15, 0.2) is 4.79 Å². The van der Waals surface area contributed by atoms with E-state index in [0.29, 0.717) is 5.69 Å². The van der Waals surface area contributed by atoms with E-state index in [-0.39, 0.29) is 22.8 Å². The van der Waals surface area contributed by atoms with Gasteiger partial charge in [-0.1, -0.05) is 11.3 Å². The number of hydrogen-bond donors (Lipinski definition) is 1. The molecular weight excluding hydrogens is 204 g/mol. The van der Waals surface area contributed by atoms with Crippen LogP contribution >= 0.6 is 11.3 Å². The number of nitrogens with one attached hydrogen (secondary N) is 1. The first-order chi connectivity index (χ1) is 6.65. The van der Waals surface area contributed by atoms with Crippen molar-refractivity contribution >= 4 is 17.3 Å². The molecule has 0 aliphatic heterocycles. The van der Waals surface area contributed by atoms with E-state index in [1.54, 1.807) is 6.92 Å². The molecule has 1 aromatic rings. The van der Waals surface area contributed by atoms with Crippen LogP contribution < -0.4 is 4.87 Å².